The lowest BCUT2D eigenvalue weighted by molar-refractivity contribution is -0.120. The number of para-hydroxylation sites is 2. The van der Waals surface area contributed by atoms with Crippen LogP contribution in [0.1, 0.15) is 48.7 Å². The molecule has 0 unspecified atom stereocenters. The number of hydrogen-bond donors (Lipinski definition) is 1. The van der Waals surface area contributed by atoms with Crippen LogP contribution in [0.25, 0.3) is 11.0 Å². The van der Waals surface area contributed by atoms with E-state index < -0.39 is 0 Å². The molecule has 1 amide bonds. The Balaban J connectivity index is 1.37. The number of benzene rings is 3. The Bertz CT molecular complexity index is 1310. The molecule has 188 valence electrons. The molecule has 6 nitrogen and oxygen atoms in total. The molecule has 0 aliphatic carbocycles. The Morgan fingerprint density at radius 1 is 0.944 bits per heavy atom. The van der Waals surface area contributed by atoms with Crippen LogP contribution in [0, 0.1) is 0 Å². The summed E-state index contributed by atoms with van der Waals surface area (Å²) in [5.41, 5.74) is 5.63. The quantitative estimate of drug-likeness (QED) is 0.284. The van der Waals surface area contributed by atoms with Crippen molar-refractivity contribution in [2.75, 3.05) is 20.8 Å². The lowest BCUT2D eigenvalue weighted by Crippen LogP contribution is -2.26. The van der Waals surface area contributed by atoms with Gasteiger partial charge >= 0.3 is 0 Å². The van der Waals surface area contributed by atoms with Gasteiger partial charge in [-0.2, -0.15) is 0 Å². The molecule has 1 aromatic heterocycles. The lowest BCUT2D eigenvalue weighted by Gasteiger charge is -2.12. The highest BCUT2D eigenvalue weighted by Gasteiger charge is 2.12. The number of imidazole rings is 1. The fourth-order valence-corrected chi connectivity index (χ4v) is 4.40. The molecule has 0 saturated heterocycles. The first-order valence-corrected chi connectivity index (χ1v) is 12.5. The Morgan fingerprint density at radius 3 is 2.39 bits per heavy atom. The molecule has 6 heteroatoms. The number of nitrogens with zero attached hydrogens (tertiary/aromatic N) is 2. The van der Waals surface area contributed by atoms with E-state index in [1.54, 1.807) is 14.2 Å². The molecule has 4 aromatic rings. The molecule has 0 saturated carbocycles. The van der Waals surface area contributed by atoms with Crippen molar-refractivity contribution in [2.24, 2.45) is 0 Å². The van der Waals surface area contributed by atoms with Crippen molar-refractivity contribution in [1.82, 2.24) is 14.9 Å². The summed E-state index contributed by atoms with van der Waals surface area (Å²) in [5.74, 6) is 2.82. The van der Waals surface area contributed by atoms with E-state index in [9.17, 15) is 4.79 Å². The highest BCUT2D eigenvalue weighted by atomic mass is 16.5. The average Bonchev–Trinajstić information content (AvgIpc) is 3.24. The van der Waals surface area contributed by atoms with Crippen LogP contribution in [-0.2, 0) is 24.2 Å². The highest BCUT2D eigenvalue weighted by molar-refractivity contribution is 5.79. The van der Waals surface area contributed by atoms with Crippen LogP contribution in [0.2, 0.25) is 0 Å². The van der Waals surface area contributed by atoms with Gasteiger partial charge in [0.2, 0.25) is 5.91 Å². The number of fused-ring (bicyclic) bond motifs is 1. The molecule has 0 aliphatic heterocycles. The van der Waals surface area contributed by atoms with E-state index in [0.717, 1.165) is 41.8 Å². The van der Waals surface area contributed by atoms with Gasteiger partial charge in [-0.1, -0.05) is 56.3 Å². The molecule has 0 spiro atoms. The first-order chi connectivity index (χ1) is 17.5. The van der Waals surface area contributed by atoms with Crippen LogP contribution < -0.4 is 14.8 Å². The van der Waals surface area contributed by atoms with Crippen molar-refractivity contribution in [3.05, 3.63) is 89.2 Å². The van der Waals surface area contributed by atoms with E-state index in [4.69, 9.17) is 14.5 Å². The number of methoxy groups -OCH3 is 2. The standard InChI is InChI=1S/C30H35N3O3/c1-21(2)24-14-11-22(12-15-24)20-33-26-9-6-5-8-25(26)32-29(33)10-7-17-31-30(34)19-23-13-16-27(35-3)28(18-23)36-4/h5-6,8-9,11-16,18,21H,7,10,17,19-20H2,1-4H3,(H,31,34). The predicted octanol–water partition coefficient (Wildman–Crippen LogP) is 5.52. The highest BCUT2D eigenvalue weighted by Crippen LogP contribution is 2.27. The minimum absolute atomic E-state index is 0.0130. The maximum absolute atomic E-state index is 12.5. The number of carbonyl (C=O) groups is 1. The van der Waals surface area contributed by atoms with Gasteiger partial charge in [0.15, 0.2) is 11.5 Å². The van der Waals surface area contributed by atoms with Crippen LogP contribution in [0.3, 0.4) is 0 Å². The van der Waals surface area contributed by atoms with Crippen molar-refractivity contribution in [3.8, 4) is 11.5 Å². The minimum Gasteiger partial charge on any atom is -0.493 e. The number of nitrogens with one attached hydrogen (secondary N) is 1. The van der Waals surface area contributed by atoms with E-state index in [0.29, 0.717) is 30.4 Å². The topological polar surface area (TPSA) is 65.4 Å². The fourth-order valence-electron chi connectivity index (χ4n) is 4.40. The van der Waals surface area contributed by atoms with E-state index >= 15 is 0 Å². The zero-order valence-electron chi connectivity index (χ0n) is 21.6. The SMILES string of the molecule is COc1ccc(CC(=O)NCCCc2nc3ccccc3n2Cc2ccc(C(C)C)cc2)cc1OC. The number of aromatic nitrogens is 2. The Morgan fingerprint density at radius 2 is 1.67 bits per heavy atom. The van der Waals surface area contributed by atoms with E-state index in [1.807, 2.05) is 24.3 Å². The zero-order chi connectivity index (χ0) is 25.5. The first-order valence-electron chi connectivity index (χ1n) is 12.5. The number of rotatable bonds is 11. The van der Waals surface area contributed by atoms with Crippen molar-refractivity contribution < 1.29 is 14.3 Å². The summed E-state index contributed by atoms with van der Waals surface area (Å²) in [7, 11) is 3.19. The van der Waals surface area contributed by atoms with Gasteiger partial charge in [-0.3, -0.25) is 4.79 Å². The summed E-state index contributed by atoms with van der Waals surface area (Å²) >= 11 is 0. The number of ether oxygens (including phenoxy) is 2. The second kappa shape index (κ2) is 11.8. The van der Waals surface area contributed by atoms with Gasteiger partial charge in [-0.05, 0) is 53.3 Å². The largest absolute Gasteiger partial charge is 0.493 e. The molecule has 1 N–H and O–H groups in total. The fraction of sp³-hybridized carbons (Fsp3) is 0.333. The van der Waals surface area contributed by atoms with Gasteiger partial charge in [-0.25, -0.2) is 4.98 Å². The van der Waals surface area contributed by atoms with Gasteiger partial charge in [0.05, 0.1) is 31.7 Å². The molecule has 0 fully saturated rings. The summed E-state index contributed by atoms with van der Waals surface area (Å²) in [6, 6.07) is 22.7. The minimum atomic E-state index is -0.0130. The lowest BCUT2D eigenvalue weighted by atomic mass is 10.0. The number of amides is 1. The second-order valence-electron chi connectivity index (χ2n) is 9.32. The molecule has 0 atom stereocenters. The number of hydrogen-bond acceptors (Lipinski definition) is 4. The van der Waals surface area contributed by atoms with Crippen molar-refractivity contribution >= 4 is 16.9 Å². The van der Waals surface area contributed by atoms with Crippen LogP contribution in [0.4, 0.5) is 0 Å². The molecular weight excluding hydrogens is 450 g/mol. The summed E-state index contributed by atoms with van der Waals surface area (Å²) in [4.78, 5) is 17.4. The predicted molar refractivity (Wildman–Crippen MR) is 144 cm³/mol. The van der Waals surface area contributed by atoms with Gasteiger partial charge in [0, 0.05) is 19.5 Å². The smallest absolute Gasteiger partial charge is 0.224 e. The van der Waals surface area contributed by atoms with Gasteiger partial charge < -0.3 is 19.4 Å². The maximum atomic E-state index is 12.5. The van der Waals surface area contributed by atoms with Crippen molar-refractivity contribution in [2.45, 2.75) is 45.6 Å². The Hall–Kier alpha value is -3.80. The third kappa shape index (κ3) is 6.06. The monoisotopic (exact) mass is 485 g/mol. The number of carbonyl (C=O) groups excluding carboxylic acids is 1. The molecule has 0 aliphatic rings. The summed E-state index contributed by atoms with van der Waals surface area (Å²) in [5, 5.41) is 3.04. The third-order valence-electron chi connectivity index (χ3n) is 6.43. The molecule has 3 aromatic carbocycles. The summed E-state index contributed by atoms with van der Waals surface area (Å²) in [6.45, 7) is 5.80. The van der Waals surface area contributed by atoms with Crippen LogP contribution >= 0.6 is 0 Å². The van der Waals surface area contributed by atoms with E-state index in [2.05, 4.69) is 66.2 Å². The van der Waals surface area contributed by atoms with Crippen LogP contribution in [-0.4, -0.2) is 36.2 Å². The third-order valence-corrected chi connectivity index (χ3v) is 6.43. The summed E-state index contributed by atoms with van der Waals surface area (Å²) in [6.07, 6.45) is 1.90. The van der Waals surface area contributed by atoms with E-state index in [1.165, 1.54) is 11.1 Å². The Kier molecular flexibility index (Phi) is 8.26. The van der Waals surface area contributed by atoms with Crippen LogP contribution in [0.15, 0.2) is 66.7 Å². The molecule has 0 radical (unpaired) electrons. The van der Waals surface area contributed by atoms with Gasteiger partial charge in [0.1, 0.15) is 5.82 Å². The van der Waals surface area contributed by atoms with Crippen LogP contribution in [0.5, 0.6) is 11.5 Å². The molecule has 36 heavy (non-hydrogen) atoms. The molecule has 1 heterocycles. The molecule has 0 bridgehead atoms. The maximum Gasteiger partial charge on any atom is 0.224 e. The average molecular weight is 486 g/mol. The second-order valence-corrected chi connectivity index (χ2v) is 9.32. The molecular formula is C30H35N3O3. The zero-order valence-corrected chi connectivity index (χ0v) is 21.6. The number of aryl methyl sites for hydroxylation is 1. The van der Waals surface area contributed by atoms with Gasteiger partial charge in [0.25, 0.3) is 0 Å². The summed E-state index contributed by atoms with van der Waals surface area (Å²) < 4.78 is 12.9. The van der Waals surface area contributed by atoms with Crippen molar-refractivity contribution in [3.63, 3.8) is 0 Å². The first kappa shape index (κ1) is 25.3. The molecule has 4 rings (SSSR count). The van der Waals surface area contributed by atoms with Gasteiger partial charge in [-0.15, -0.1) is 0 Å². The van der Waals surface area contributed by atoms with Crippen molar-refractivity contribution in [1.29, 1.82) is 0 Å². The normalized spacial score (nSPS) is 11.1. The van der Waals surface area contributed by atoms with E-state index in [-0.39, 0.29) is 5.91 Å². The Labute approximate surface area is 213 Å².